The van der Waals surface area contributed by atoms with Crippen molar-refractivity contribution < 1.29 is 19.4 Å². The van der Waals surface area contributed by atoms with Crippen molar-refractivity contribution in [2.75, 3.05) is 19.1 Å². The summed E-state index contributed by atoms with van der Waals surface area (Å²) >= 11 is 4.84. The summed E-state index contributed by atoms with van der Waals surface area (Å²) in [6, 6.07) is 29.9. The summed E-state index contributed by atoms with van der Waals surface area (Å²) in [6.45, 7) is 0. The van der Waals surface area contributed by atoms with Crippen LogP contribution in [-0.4, -0.2) is 25.3 Å². The molecule has 0 fully saturated rings. The number of carbonyl (C=O) groups is 1. The largest absolute Gasteiger partial charge is 0.497 e. The highest BCUT2D eigenvalue weighted by molar-refractivity contribution is 7.27. The minimum atomic E-state index is -1.22. The number of anilines is 3. The molecule has 0 radical (unpaired) electrons. The summed E-state index contributed by atoms with van der Waals surface area (Å²) < 4.78 is 10.7. The number of nitriles is 1. The second kappa shape index (κ2) is 11.6. The third-order valence-electron chi connectivity index (χ3n) is 5.83. The van der Waals surface area contributed by atoms with Crippen LogP contribution in [0.5, 0.6) is 11.5 Å². The van der Waals surface area contributed by atoms with Gasteiger partial charge in [0.15, 0.2) is 0 Å². The summed E-state index contributed by atoms with van der Waals surface area (Å²) in [5.41, 5.74) is 1.75. The molecule has 9 heteroatoms. The summed E-state index contributed by atoms with van der Waals surface area (Å²) in [6.07, 6.45) is 1.41. The lowest BCUT2D eigenvalue weighted by Gasteiger charge is -2.24. The maximum Gasteiger partial charge on any atom is 0.346 e. The maximum absolute atomic E-state index is 11.2. The Morgan fingerprint density at radius 3 is 1.74 bits per heavy atom. The molecule has 1 N–H and O–H groups in total. The molecular formula is C30H22N2O4S3. The Morgan fingerprint density at radius 2 is 1.23 bits per heavy atom. The number of carboxylic acids is 1. The summed E-state index contributed by atoms with van der Waals surface area (Å²) in [7, 11) is 3.31. The monoisotopic (exact) mass is 570 g/mol. The van der Waals surface area contributed by atoms with Crippen molar-refractivity contribution in [3.05, 3.63) is 95.4 Å². The molecule has 0 bridgehead atoms. The zero-order valence-corrected chi connectivity index (χ0v) is 23.4. The quantitative estimate of drug-likeness (QED) is 0.141. The number of thiophene rings is 3. The summed E-state index contributed by atoms with van der Waals surface area (Å²) in [5, 5.41) is 19.2. The number of carboxylic acid groups (broad SMARTS) is 1. The Bertz CT molecular complexity index is 1620. The fourth-order valence-corrected chi connectivity index (χ4v) is 7.08. The highest BCUT2D eigenvalue weighted by Crippen LogP contribution is 2.45. The SMILES string of the molecule is COc1ccc(N(c2ccc(OC)cc2)c2ccc(-c3ccc(-c4ccc(/C=C(/C#N)C(=O)O)s4)s3)s2)cc1. The molecule has 2 aromatic carbocycles. The van der Waals surface area contributed by atoms with Gasteiger partial charge in [-0.1, -0.05) is 0 Å². The van der Waals surface area contributed by atoms with Crippen LogP contribution < -0.4 is 14.4 Å². The fourth-order valence-electron chi connectivity index (χ4n) is 3.90. The minimum Gasteiger partial charge on any atom is -0.497 e. The molecule has 0 aliphatic carbocycles. The summed E-state index contributed by atoms with van der Waals surface area (Å²) in [5.74, 6) is 0.369. The van der Waals surface area contributed by atoms with E-state index in [-0.39, 0.29) is 5.57 Å². The van der Waals surface area contributed by atoms with Gasteiger partial charge in [0, 0.05) is 35.8 Å². The normalized spacial score (nSPS) is 11.2. The van der Waals surface area contributed by atoms with Gasteiger partial charge in [-0.3, -0.25) is 0 Å². The topological polar surface area (TPSA) is 82.8 Å². The number of aliphatic carboxylic acids is 1. The van der Waals surface area contributed by atoms with Crippen molar-refractivity contribution in [2.24, 2.45) is 0 Å². The number of benzene rings is 2. The van der Waals surface area contributed by atoms with Crippen LogP contribution in [0.3, 0.4) is 0 Å². The molecule has 0 aliphatic heterocycles. The van der Waals surface area contributed by atoms with Gasteiger partial charge < -0.3 is 19.5 Å². The first-order chi connectivity index (χ1) is 19.0. The lowest BCUT2D eigenvalue weighted by Crippen LogP contribution is -2.08. The molecule has 3 aromatic heterocycles. The van der Waals surface area contributed by atoms with Crippen LogP contribution >= 0.6 is 34.0 Å². The number of methoxy groups -OCH3 is 2. The average Bonchev–Trinajstić information content (AvgIpc) is 3.73. The van der Waals surface area contributed by atoms with Crippen molar-refractivity contribution in [3.8, 4) is 37.1 Å². The Hall–Kier alpha value is -4.36. The van der Waals surface area contributed by atoms with Gasteiger partial charge in [-0.15, -0.1) is 34.0 Å². The third kappa shape index (κ3) is 5.73. The maximum atomic E-state index is 11.2. The molecule has 5 aromatic rings. The molecule has 0 unspecified atom stereocenters. The fraction of sp³-hybridized carbons (Fsp3) is 0.0667. The molecule has 3 heterocycles. The van der Waals surface area contributed by atoms with Gasteiger partial charge in [0.05, 0.1) is 14.2 Å². The van der Waals surface area contributed by atoms with Gasteiger partial charge in [-0.2, -0.15) is 5.26 Å². The first-order valence-corrected chi connectivity index (χ1v) is 14.2. The van der Waals surface area contributed by atoms with Gasteiger partial charge in [0.25, 0.3) is 0 Å². The second-order valence-electron chi connectivity index (χ2n) is 8.21. The predicted octanol–water partition coefficient (Wildman–Crippen LogP) is 8.68. The van der Waals surface area contributed by atoms with Crippen LogP contribution in [0.25, 0.3) is 25.6 Å². The first kappa shape index (κ1) is 26.3. The van der Waals surface area contributed by atoms with E-state index in [1.807, 2.05) is 60.7 Å². The van der Waals surface area contributed by atoms with Gasteiger partial charge in [-0.05, 0) is 91.0 Å². The first-order valence-electron chi connectivity index (χ1n) is 11.7. The van der Waals surface area contributed by atoms with Crippen LogP contribution in [0.2, 0.25) is 0 Å². The Labute approximate surface area is 237 Å². The van der Waals surface area contributed by atoms with Gasteiger partial charge in [0.2, 0.25) is 0 Å². The van der Waals surface area contributed by atoms with E-state index in [1.165, 1.54) is 17.4 Å². The Morgan fingerprint density at radius 1 is 0.744 bits per heavy atom. The number of hydrogen-bond acceptors (Lipinski definition) is 8. The third-order valence-corrected chi connectivity index (χ3v) is 9.41. The van der Waals surface area contributed by atoms with Crippen LogP contribution in [0.4, 0.5) is 16.4 Å². The van der Waals surface area contributed by atoms with Crippen molar-refractivity contribution in [2.45, 2.75) is 0 Å². The van der Waals surface area contributed by atoms with Crippen molar-refractivity contribution >= 4 is 62.4 Å². The smallest absolute Gasteiger partial charge is 0.346 e. The highest BCUT2D eigenvalue weighted by atomic mass is 32.1. The Kier molecular flexibility index (Phi) is 7.79. The molecule has 0 saturated heterocycles. The molecule has 0 atom stereocenters. The molecule has 0 saturated carbocycles. The number of nitrogens with zero attached hydrogens (tertiary/aromatic N) is 2. The minimum absolute atomic E-state index is 0.278. The van der Waals surface area contributed by atoms with E-state index >= 15 is 0 Å². The molecule has 6 nitrogen and oxygen atoms in total. The van der Waals surface area contributed by atoms with Crippen LogP contribution in [0.15, 0.2) is 90.5 Å². The molecular weight excluding hydrogens is 549 g/mol. The van der Waals surface area contributed by atoms with E-state index in [9.17, 15) is 4.79 Å². The molecule has 0 aliphatic rings. The number of hydrogen-bond donors (Lipinski definition) is 1. The van der Waals surface area contributed by atoms with Gasteiger partial charge in [-0.25, -0.2) is 4.79 Å². The van der Waals surface area contributed by atoms with Gasteiger partial charge in [0.1, 0.15) is 28.1 Å². The standard InChI is InChI=1S/C30H22N2O4S3/c1-35-22-7-3-20(4-8-22)32(21-5-9-23(36-2)10-6-21)29-16-15-28(39-29)27-14-13-26(38-27)25-12-11-24(37-25)17-19(18-31)30(33)34/h3-17H,1-2H3,(H,33,34)/b19-17-. The van der Waals surface area contributed by atoms with Crippen molar-refractivity contribution in [1.29, 1.82) is 5.26 Å². The molecule has 194 valence electrons. The van der Waals surface area contributed by atoms with Crippen LogP contribution in [0, 0.1) is 11.3 Å². The van der Waals surface area contributed by atoms with Crippen molar-refractivity contribution in [3.63, 3.8) is 0 Å². The molecule has 0 spiro atoms. The van der Waals surface area contributed by atoms with Crippen LogP contribution in [0.1, 0.15) is 4.88 Å². The second-order valence-corrected chi connectivity index (χ2v) is 11.5. The van der Waals surface area contributed by atoms with Crippen LogP contribution in [-0.2, 0) is 4.79 Å². The lowest BCUT2D eigenvalue weighted by atomic mass is 10.2. The number of rotatable bonds is 9. The highest BCUT2D eigenvalue weighted by Gasteiger charge is 2.17. The zero-order valence-electron chi connectivity index (χ0n) is 21.0. The lowest BCUT2D eigenvalue weighted by molar-refractivity contribution is -0.132. The van der Waals surface area contributed by atoms with E-state index in [4.69, 9.17) is 19.8 Å². The van der Waals surface area contributed by atoms with E-state index in [1.54, 1.807) is 43.0 Å². The summed E-state index contributed by atoms with van der Waals surface area (Å²) in [4.78, 5) is 18.5. The molecule has 0 amide bonds. The number of ether oxygens (including phenoxy) is 2. The van der Waals surface area contributed by atoms with Crippen molar-refractivity contribution in [1.82, 2.24) is 0 Å². The van der Waals surface area contributed by atoms with E-state index in [2.05, 4.69) is 29.2 Å². The van der Waals surface area contributed by atoms with E-state index < -0.39 is 5.97 Å². The van der Waals surface area contributed by atoms with Gasteiger partial charge >= 0.3 is 5.97 Å². The van der Waals surface area contributed by atoms with E-state index in [0.717, 1.165) is 52.3 Å². The zero-order chi connectivity index (χ0) is 27.4. The average molecular weight is 571 g/mol. The molecule has 5 rings (SSSR count). The Balaban J connectivity index is 1.45. The predicted molar refractivity (Wildman–Crippen MR) is 160 cm³/mol. The van der Waals surface area contributed by atoms with E-state index in [0.29, 0.717) is 0 Å². The molecule has 39 heavy (non-hydrogen) atoms.